The topological polar surface area (TPSA) is 86.8 Å². The number of hydrogen-bond acceptors (Lipinski definition) is 4. The number of nitrogens with zero attached hydrogens (tertiary/aromatic N) is 2. The standard InChI is InChI=1S/C30H35Cl2N3O4S/c1-6-27(29(37)33-30(3,4)5)34(19-22-14-12-21(2)13-15-22)28(36)20-35(25-17-23(31)16-24(32)18-25)40(38,39)26-10-8-7-9-11-26/h7-18,27H,6,19-20H2,1-5H3,(H,33,37)/t27-/m0/s1. The van der Waals surface area contributed by atoms with Gasteiger partial charge < -0.3 is 10.2 Å². The molecule has 0 fully saturated rings. The van der Waals surface area contributed by atoms with Gasteiger partial charge in [-0.1, -0.05) is 78.2 Å². The molecule has 1 N–H and O–H groups in total. The van der Waals surface area contributed by atoms with E-state index in [1.807, 2.05) is 58.9 Å². The van der Waals surface area contributed by atoms with Gasteiger partial charge in [0.25, 0.3) is 10.0 Å². The number of halogens is 2. The highest BCUT2D eigenvalue weighted by Gasteiger charge is 2.34. The van der Waals surface area contributed by atoms with Gasteiger partial charge in [0, 0.05) is 22.1 Å². The molecular weight excluding hydrogens is 569 g/mol. The molecule has 0 radical (unpaired) electrons. The molecule has 214 valence electrons. The molecule has 0 heterocycles. The Morgan fingerprint density at radius 1 is 0.925 bits per heavy atom. The molecule has 0 aliphatic rings. The number of sulfonamides is 1. The first kappa shape index (κ1) is 31.5. The fourth-order valence-electron chi connectivity index (χ4n) is 4.19. The van der Waals surface area contributed by atoms with E-state index in [0.29, 0.717) is 6.42 Å². The lowest BCUT2D eigenvalue weighted by Gasteiger charge is -2.34. The largest absolute Gasteiger partial charge is 0.350 e. The quantitative estimate of drug-likeness (QED) is 0.298. The summed E-state index contributed by atoms with van der Waals surface area (Å²) in [4.78, 5) is 28.9. The molecule has 0 aliphatic carbocycles. The van der Waals surface area contributed by atoms with Crippen molar-refractivity contribution in [1.29, 1.82) is 0 Å². The highest BCUT2D eigenvalue weighted by Crippen LogP contribution is 2.30. The third-order valence-electron chi connectivity index (χ3n) is 6.10. The van der Waals surface area contributed by atoms with Crippen molar-refractivity contribution in [2.45, 2.75) is 64.1 Å². The summed E-state index contributed by atoms with van der Waals surface area (Å²) >= 11 is 12.5. The molecule has 40 heavy (non-hydrogen) atoms. The number of benzene rings is 3. The van der Waals surface area contributed by atoms with Crippen LogP contribution in [0, 0.1) is 6.92 Å². The van der Waals surface area contributed by atoms with E-state index in [0.717, 1.165) is 15.4 Å². The second-order valence-electron chi connectivity index (χ2n) is 10.6. The smallest absolute Gasteiger partial charge is 0.264 e. The molecular formula is C30H35Cl2N3O4S. The van der Waals surface area contributed by atoms with Crippen LogP contribution in [-0.2, 0) is 26.2 Å². The molecule has 3 rings (SSSR count). The molecule has 3 aromatic carbocycles. The summed E-state index contributed by atoms with van der Waals surface area (Å²) < 4.78 is 28.7. The van der Waals surface area contributed by atoms with Gasteiger partial charge in [-0.3, -0.25) is 13.9 Å². The van der Waals surface area contributed by atoms with Crippen molar-refractivity contribution >= 4 is 50.7 Å². The van der Waals surface area contributed by atoms with E-state index in [1.165, 1.54) is 35.2 Å². The average Bonchev–Trinajstić information content (AvgIpc) is 2.87. The van der Waals surface area contributed by atoms with Crippen LogP contribution < -0.4 is 9.62 Å². The van der Waals surface area contributed by atoms with E-state index < -0.39 is 34.1 Å². The van der Waals surface area contributed by atoms with Crippen molar-refractivity contribution < 1.29 is 18.0 Å². The van der Waals surface area contributed by atoms with E-state index in [4.69, 9.17) is 23.2 Å². The molecule has 0 unspecified atom stereocenters. The number of hydrogen-bond donors (Lipinski definition) is 1. The molecule has 7 nitrogen and oxygen atoms in total. The van der Waals surface area contributed by atoms with Crippen molar-refractivity contribution in [3.05, 3.63) is 94.0 Å². The molecule has 0 bridgehead atoms. The lowest BCUT2D eigenvalue weighted by atomic mass is 10.1. The first-order valence-corrected chi connectivity index (χ1v) is 15.1. The van der Waals surface area contributed by atoms with Crippen molar-refractivity contribution in [3.63, 3.8) is 0 Å². The minimum absolute atomic E-state index is 0.00139. The van der Waals surface area contributed by atoms with Gasteiger partial charge in [-0.2, -0.15) is 0 Å². The van der Waals surface area contributed by atoms with Gasteiger partial charge in [0.15, 0.2) is 0 Å². The second kappa shape index (κ2) is 13.1. The molecule has 0 saturated carbocycles. The lowest BCUT2D eigenvalue weighted by molar-refractivity contribution is -0.141. The van der Waals surface area contributed by atoms with Gasteiger partial charge in [-0.05, 0) is 70.0 Å². The third-order valence-corrected chi connectivity index (χ3v) is 8.33. The van der Waals surface area contributed by atoms with Gasteiger partial charge in [0.1, 0.15) is 12.6 Å². The second-order valence-corrected chi connectivity index (χ2v) is 13.4. The van der Waals surface area contributed by atoms with Gasteiger partial charge in [-0.25, -0.2) is 8.42 Å². The zero-order chi connectivity index (χ0) is 29.7. The SMILES string of the molecule is CC[C@@H](C(=O)NC(C)(C)C)N(Cc1ccc(C)cc1)C(=O)CN(c1cc(Cl)cc(Cl)c1)S(=O)(=O)c1ccccc1. The molecule has 0 spiro atoms. The predicted octanol–water partition coefficient (Wildman–Crippen LogP) is 6.22. The van der Waals surface area contributed by atoms with Crippen LogP contribution >= 0.6 is 23.2 Å². The van der Waals surface area contributed by atoms with E-state index in [2.05, 4.69) is 5.32 Å². The summed E-state index contributed by atoms with van der Waals surface area (Å²) in [5.74, 6) is -0.870. The maximum Gasteiger partial charge on any atom is 0.264 e. The Bertz CT molecular complexity index is 1420. The summed E-state index contributed by atoms with van der Waals surface area (Å²) in [6, 6.07) is 19.0. The van der Waals surface area contributed by atoms with Crippen LogP contribution in [0.4, 0.5) is 5.69 Å². The summed E-state index contributed by atoms with van der Waals surface area (Å²) in [5, 5.41) is 3.39. The number of nitrogens with one attached hydrogen (secondary N) is 1. The number of aryl methyl sites for hydroxylation is 1. The van der Waals surface area contributed by atoms with Crippen molar-refractivity contribution in [1.82, 2.24) is 10.2 Å². The van der Waals surface area contributed by atoms with Gasteiger partial charge in [-0.15, -0.1) is 0 Å². The fraction of sp³-hybridized carbons (Fsp3) is 0.333. The Morgan fingerprint density at radius 3 is 2.02 bits per heavy atom. The Morgan fingerprint density at radius 2 is 1.50 bits per heavy atom. The van der Waals surface area contributed by atoms with E-state index in [-0.39, 0.29) is 33.1 Å². The minimum Gasteiger partial charge on any atom is -0.350 e. The summed E-state index contributed by atoms with van der Waals surface area (Å²) in [6.45, 7) is 8.91. The van der Waals surface area contributed by atoms with Gasteiger partial charge in [0.05, 0.1) is 10.6 Å². The maximum atomic E-state index is 14.1. The van der Waals surface area contributed by atoms with Gasteiger partial charge in [0.2, 0.25) is 11.8 Å². The first-order valence-electron chi connectivity index (χ1n) is 12.9. The van der Waals surface area contributed by atoms with Crippen LogP contribution in [0.15, 0.2) is 77.7 Å². The van der Waals surface area contributed by atoms with Crippen LogP contribution in [0.25, 0.3) is 0 Å². The molecule has 0 aromatic heterocycles. The molecule has 1 atom stereocenters. The molecule has 10 heteroatoms. The number of carbonyl (C=O) groups is 2. The van der Waals surface area contributed by atoms with Crippen molar-refractivity contribution in [2.24, 2.45) is 0 Å². The highest BCUT2D eigenvalue weighted by molar-refractivity contribution is 7.92. The van der Waals surface area contributed by atoms with E-state index in [1.54, 1.807) is 18.2 Å². The Labute approximate surface area is 247 Å². The maximum absolute atomic E-state index is 14.1. The highest BCUT2D eigenvalue weighted by atomic mass is 35.5. The van der Waals surface area contributed by atoms with Crippen LogP contribution in [0.2, 0.25) is 10.0 Å². The van der Waals surface area contributed by atoms with Crippen LogP contribution in [0.3, 0.4) is 0 Å². The lowest BCUT2D eigenvalue weighted by Crippen LogP contribution is -2.55. The first-order chi connectivity index (χ1) is 18.7. The Hall–Kier alpha value is -3.07. The predicted molar refractivity (Wildman–Crippen MR) is 161 cm³/mol. The summed E-state index contributed by atoms with van der Waals surface area (Å²) in [5.41, 5.74) is 1.47. The van der Waals surface area contributed by atoms with E-state index >= 15 is 0 Å². The number of anilines is 1. The van der Waals surface area contributed by atoms with Crippen LogP contribution in [-0.4, -0.2) is 43.3 Å². The monoisotopic (exact) mass is 603 g/mol. The van der Waals surface area contributed by atoms with Crippen LogP contribution in [0.5, 0.6) is 0 Å². The van der Waals surface area contributed by atoms with E-state index in [9.17, 15) is 18.0 Å². The van der Waals surface area contributed by atoms with Crippen molar-refractivity contribution in [3.8, 4) is 0 Å². The molecule has 2 amide bonds. The average molecular weight is 605 g/mol. The minimum atomic E-state index is -4.21. The zero-order valence-electron chi connectivity index (χ0n) is 23.3. The number of amides is 2. The Balaban J connectivity index is 2.09. The van der Waals surface area contributed by atoms with Gasteiger partial charge >= 0.3 is 0 Å². The Kier molecular flexibility index (Phi) is 10.3. The summed E-state index contributed by atoms with van der Waals surface area (Å²) in [7, 11) is -4.21. The number of rotatable bonds is 10. The summed E-state index contributed by atoms with van der Waals surface area (Å²) in [6.07, 6.45) is 0.327. The normalized spacial score (nSPS) is 12.5. The molecule has 0 saturated heterocycles. The zero-order valence-corrected chi connectivity index (χ0v) is 25.6. The number of carbonyl (C=O) groups excluding carboxylic acids is 2. The van der Waals surface area contributed by atoms with Crippen LogP contribution in [0.1, 0.15) is 45.2 Å². The third kappa shape index (κ3) is 8.22. The fourth-order valence-corrected chi connectivity index (χ4v) is 6.13. The molecule has 3 aromatic rings. The molecule has 0 aliphatic heterocycles. The van der Waals surface area contributed by atoms with Crippen molar-refractivity contribution in [2.75, 3.05) is 10.8 Å².